The minimum Gasteiger partial charge on any atom is -0.480 e. The van der Waals surface area contributed by atoms with Crippen LogP contribution in [0.1, 0.15) is 46.0 Å². The Morgan fingerprint density at radius 2 is 2.00 bits per heavy atom. The average molecular weight is 291 g/mol. The lowest BCUT2D eigenvalue weighted by atomic mass is 9.95. The maximum absolute atomic E-state index is 11.3. The second-order valence-electron chi connectivity index (χ2n) is 4.98. The lowest BCUT2D eigenvalue weighted by Gasteiger charge is -2.26. The van der Waals surface area contributed by atoms with Crippen LogP contribution >= 0.6 is 11.8 Å². The van der Waals surface area contributed by atoms with E-state index in [1.807, 2.05) is 18.7 Å². The maximum Gasteiger partial charge on any atom is 0.323 e. The number of ether oxygens (including phenoxy) is 1. The predicted octanol–water partition coefficient (Wildman–Crippen LogP) is 2.77. The molecule has 0 heterocycles. The molecule has 0 aromatic rings. The Balaban J connectivity index is 3.67. The number of rotatable bonds is 13. The topological polar surface area (TPSA) is 58.6 Å². The van der Waals surface area contributed by atoms with Gasteiger partial charge in [0.15, 0.2) is 0 Å². The highest BCUT2D eigenvalue weighted by atomic mass is 32.2. The molecule has 0 aliphatic carbocycles. The van der Waals surface area contributed by atoms with E-state index in [1.165, 1.54) is 0 Å². The Kier molecular flexibility index (Phi) is 11.4. The number of thioether (sulfide) groups is 1. The highest BCUT2D eigenvalue weighted by Gasteiger charge is 2.31. The van der Waals surface area contributed by atoms with E-state index in [4.69, 9.17) is 4.74 Å². The molecule has 0 fully saturated rings. The summed E-state index contributed by atoms with van der Waals surface area (Å²) >= 11 is 1.92. The molecule has 4 nitrogen and oxygen atoms in total. The molecule has 1 unspecified atom stereocenters. The molecular weight excluding hydrogens is 262 g/mol. The second kappa shape index (κ2) is 11.6. The molecule has 0 aromatic heterocycles. The third-order valence-corrected chi connectivity index (χ3v) is 4.24. The third kappa shape index (κ3) is 9.30. The van der Waals surface area contributed by atoms with Crippen molar-refractivity contribution < 1.29 is 14.6 Å². The number of carboxylic acid groups (broad SMARTS) is 1. The number of methoxy groups -OCH3 is 1. The van der Waals surface area contributed by atoms with Gasteiger partial charge in [-0.25, -0.2) is 0 Å². The third-order valence-electron chi connectivity index (χ3n) is 3.09. The molecule has 0 amide bonds. The second-order valence-corrected chi connectivity index (χ2v) is 6.20. The Hall–Kier alpha value is -0.260. The molecule has 0 bridgehead atoms. The van der Waals surface area contributed by atoms with Gasteiger partial charge in [0.05, 0.1) is 0 Å². The van der Waals surface area contributed by atoms with Crippen molar-refractivity contribution >= 4 is 17.7 Å². The van der Waals surface area contributed by atoms with Gasteiger partial charge < -0.3 is 15.2 Å². The summed E-state index contributed by atoms with van der Waals surface area (Å²) in [6.45, 7) is 5.42. The molecule has 0 saturated heterocycles. The average Bonchev–Trinajstić information content (AvgIpc) is 2.39. The fraction of sp³-hybridized carbons (Fsp3) is 0.929. The number of aliphatic carboxylic acids is 1. The molecule has 0 rings (SSSR count). The van der Waals surface area contributed by atoms with Crippen molar-refractivity contribution in [3.8, 4) is 0 Å². The highest BCUT2D eigenvalue weighted by molar-refractivity contribution is 7.99. The summed E-state index contributed by atoms with van der Waals surface area (Å²) in [5.41, 5.74) is -0.767. The van der Waals surface area contributed by atoms with Crippen LogP contribution in [0.3, 0.4) is 0 Å². The van der Waals surface area contributed by atoms with Gasteiger partial charge in [-0.05, 0) is 50.7 Å². The summed E-state index contributed by atoms with van der Waals surface area (Å²) in [6.07, 6.45) is 4.77. The molecule has 0 aliphatic rings. The van der Waals surface area contributed by atoms with Gasteiger partial charge in [0.2, 0.25) is 0 Å². The number of carbonyl (C=O) groups is 1. The number of unbranched alkanes of at least 4 members (excludes halogenated alkanes) is 1. The van der Waals surface area contributed by atoms with Gasteiger partial charge in [0, 0.05) is 13.7 Å². The largest absolute Gasteiger partial charge is 0.480 e. The Labute approximate surface area is 121 Å². The number of carboxylic acids is 1. The van der Waals surface area contributed by atoms with Crippen molar-refractivity contribution in [1.82, 2.24) is 5.32 Å². The van der Waals surface area contributed by atoms with E-state index in [0.717, 1.165) is 50.3 Å². The van der Waals surface area contributed by atoms with Gasteiger partial charge in [-0.2, -0.15) is 11.8 Å². The van der Waals surface area contributed by atoms with Crippen molar-refractivity contribution in [1.29, 1.82) is 0 Å². The monoisotopic (exact) mass is 291 g/mol. The van der Waals surface area contributed by atoms with E-state index < -0.39 is 11.5 Å². The fourth-order valence-corrected chi connectivity index (χ4v) is 2.70. The molecule has 2 N–H and O–H groups in total. The summed E-state index contributed by atoms with van der Waals surface area (Å²) in [7, 11) is 1.72. The first-order valence-electron chi connectivity index (χ1n) is 7.12. The van der Waals surface area contributed by atoms with Crippen molar-refractivity contribution in [3.05, 3.63) is 0 Å². The Morgan fingerprint density at radius 3 is 2.58 bits per heavy atom. The highest BCUT2D eigenvalue weighted by Crippen LogP contribution is 2.16. The summed E-state index contributed by atoms with van der Waals surface area (Å²) in [6, 6.07) is 0. The summed E-state index contributed by atoms with van der Waals surface area (Å²) < 4.78 is 4.99. The van der Waals surface area contributed by atoms with Crippen LogP contribution in [0.15, 0.2) is 0 Å². The van der Waals surface area contributed by atoms with Crippen molar-refractivity contribution in [2.24, 2.45) is 0 Å². The molecule has 0 spiro atoms. The Bertz CT molecular complexity index is 239. The molecule has 19 heavy (non-hydrogen) atoms. The molecule has 0 saturated carbocycles. The fourth-order valence-electron chi connectivity index (χ4n) is 1.76. The van der Waals surface area contributed by atoms with Gasteiger partial charge >= 0.3 is 5.97 Å². The van der Waals surface area contributed by atoms with E-state index in [-0.39, 0.29) is 0 Å². The number of nitrogens with one attached hydrogen (secondary N) is 1. The van der Waals surface area contributed by atoms with Crippen molar-refractivity contribution in [2.45, 2.75) is 51.5 Å². The number of hydrogen-bond acceptors (Lipinski definition) is 4. The van der Waals surface area contributed by atoms with E-state index in [0.29, 0.717) is 6.42 Å². The van der Waals surface area contributed by atoms with Gasteiger partial charge in [0.25, 0.3) is 0 Å². The normalized spacial score (nSPS) is 14.3. The number of hydrogen-bond donors (Lipinski definition) is 2. The van der Waals surface area contributed by atoms with Crippen molar-refractivity contribution in [3.63, 3.8) is 0 Å². The summed E-state index contributed by atoms with van der Waals surface area (Å²) in [4.78, 5) is 11.3. The lowest BCUT2D eigenvalue weighted by Crippen LogP contribution is -2.49. The van der Waals surface area contributed by atoms with Gasteiger partial charge in [0.1, 0.15) is 5.54 Å². The summed E-state index contributed by atoms with van der Waals surface area (Å²) in [5.74, 6) is 1.49. The van der Waals surface area contributed by atoms with Crippen LogP contribution in [-0.4, -0.2) is 48.4 Å². The molecule has 1 atom stereocenters. The van der Waals surface area contributed by atoms with Crippen LogP contribution in [0.4, 0.5) is 0 Å². The minimum atomic E-state index is -0.767. The molecule has 0 aliphatic heterocycles. The van der Waals surface area contributed by atoms with Crippen LogP contribution in [0.2, 0.25) is 0 Å². The van der Waals surface area contributed by atoms with Gasteiger partial charge in [-0.1, -0.05) is 13.3 Å². The zero-order valence-electron chi connectivity index (χ0n) is 12.5. The molecule has 114 valence electrons. The first kappa shape index (κ1) is 18.7. The van der Waals surface area contributed by atoms with E-state index in [9.17, 15) is 9.90 Å². The molecule has 0 radical (unpaired) electrons. The van der Waals surface area contributed by atoms with E-state index in [1.54, 1.807) is 14.0 Å². The van der Waals surface area contributed by atoms with Gasteiger partial charge in [-0.3, -0.25) is 4.79 Å². The standard InChI is InChI=1S/C14H29NO3S/c1-4-9-15-14(2,13(16)17)8-5-6-11-19-12-7-10-18-3/h15H,4-12H2,1-3H3,(H,16,17). The first-order valence-corrected chi connectivity index (χ1v) is 8.27. The quantitative estimate of drug-likeness (QED) is 0.511. The van der Waals surface area contributed by atoms with Gasteiger partial charge in [-0.15, -0.1) is 0 Å². The first-order chi connectivity index (χ1) is 9.06. The molecular formula is C14H29NO3S. The molecule has 0 aromatic carbocycles. The Morgan fingerprint density at radius 1 is 1.32 bits per heavy atom. The zero-order chi connectivity index (χ0) is 14.6. The molecule has 5 heteroatoms. The van der Waals surface area contributed by atoms with Crippen LogP contribution in [0, 0.1) is 0 Å². The van der Waals surface area contributed by atoms with Crippen LogP contribution in [0.25, 0.3) is 0 Å². The van der Waals surface area contributed by atoms with E-state index in [2.05, 4.69) is 5.32 Å². The van der Waals surface area contributed by atoms with Crippen LogP contribution in [-0.2, 0) is 9.53 Å². The smallest absolute Gasteiger partial charge is 0.323 e. The maximum atomic E-state index is 11.3. The zero-order valence-corrected chi connectivity index (χ0v) is 13.4. The van der Waals surface area contributed by atoms with Crippen LogP contribution in [0.5, 0.6) is 0 Å². The predicted molar refractivity (Wildman–Crippen MR) is 82.0 cm³/mol. The lowest BCUT2D eigenvalue weighted by molar-refractivity contribution is -0.144. The van der Waals surface area contributed by atoms with E-state index >= 15 is 0 Å². The minimum absolute atomic E-state index is 0.695. The SMILES string of the molecule is CCCNC(C)(CCCCSCCCOC)C(=O)O. The van der Waals surface area contributed by atoms with Crippen molar-refractivity contribution in [2.75, 3.05) is 31.8 Å². The van der Waals surface area contributed by atoms with Crippen LogP contribution < -0.4 is 5.32 Å². The summed E-state index contributed by atoms with van der Waals surface area (Å²) in [5, 5.41) is 12.4.